The molecular formula is C24H18F2N6O3. The fourth-order valence-corrected chi connectivity index (χ4v) is 3.67. The van der Waals surface area contributed by atoms with Crippen LogP contribution < -0.4 is 5.48 Å². The monoisotopic (exact) mass is 476 g/mol. The lowest BCUT2D eigenvalue weighted by Gasteiger charge is -2.09. The van der Waals surface area contributed by atoms with Gasteiger partial charge in [-0.3, -0.25) is 14.6 Å². The second-order valence-corrected chi connectivity index (χ2v) is 7.63. The lowest BCUT2D eigenvalue weighted by Crippen LogP contribution is -2.27. The molecule has 35 heavy (non-hydrogen) atoms. The molecule has 2 aromatic carbocycles. The van der Waals surface area contributed by atoms with Crippen molar-refractivity contribution in [3.8, 4) is 11.3 Å². The van der Waals surface area contributed by atoms with Gasteiger partial charge in [-0.15, -0.1) is 5.10 Å². The summed E-state index contributed by atoms with van der Waals surface area (Å²) in [6.07, 6.45) is 1.73. The van der Waals surface area contributed by atoms with Crippen LogP contribution in [0.1, 0.15) is 15.9 Å². The van der Waals surface area contributed by atoms with E-state index in [0.717, 1.165) is 28.6 Å². The average molecular weight is 476 g/mol. The normalized spacial score (nSPS) is 11.3. The molecule has 0 aliphatic carbocycles. The van der Waals surface area contributed by atoms with Gasteiger partial charge in [0.05, 0.1) is 31.0 Å². The first kappa shape index (κ1) is 22.4. The van der Waals surface area contributed by atoms with Gasteiger partial charge in [-0.25, -0.2) is 23.9 Å². The van der Waals surface area contributed by atoms with E-state index < -0.39 is 23.1 Å². The number of fused-ring (bicyclic) bond motifs is 2. The van der Waals surface area contributed by atoms with E-state index in [2.05, 4.69) is 25.1 Å². The third kappa shape index (κ3) is 4.54. The number of hydrogen-bond acceptors (Lipinski definition) is 7. The number of carbonyl (C=O) groups is 1. The zero-order valence-electron chi connectivity index (χ0n) is 18.2. The van der Waals surface area contributed by atoms with E-state index in [4.69, 9.17) is 5.11 Å². The second-order valence-electron chi connectivity index (χ2n) is 7.63. The minimum absolute atomic E-state index is 0.138. The van der Waals surface area contributed by atoms with Gasteiger partial charge in [-0.1, -0.05) is 17.3 Å². The molecule has 0 spiro atoms. The van der Waals surface area contributed by atoms with E-state index in [1.54, 1.807) is 23.0 Å². The van der Waals surface area contributed by atoms with Gasteiger partial charge < -0.3 is 5.11 Å². The van der Waals surface area contributed by atoms with E-state index >= 15 is 0 Å². The van der Waals surface area contributed by atoms with Gasteiger partial charge in [-0.2, -0.15) is 0 Å². The van der Waals surface area contributed by atoms with Crippen molar-refractivity contribution in [3.63, 3.8) is 0 Å². The predicted molar refractivity (Wildman–Crippen MR) is 122 cm³/mol. The van der Waals surface area contributed by atoms with Crippen LogP contribution in [0.4, 0.5) is 8.78 Å². The van der Waals surface area contributed by atoms with E-state index in [1.165, 1.54) is 0 Å². The summed E-state index contributed by atoms with van der Waals surface area (Å²) in [7, 11) is 0. The number of rotatable bonds is 7. The molecule has 11 heteroatoms. The third-order valence-corrected chi connectivity index (χ3v) is 5.28. The summed E-state index contributed by atoms with van der Waals surface area (Å²) in [5.41, 5.74) is 4.30. The number of amides is 1. The maximum absolute atomic E-state index is 14.6. The Balaban J connectivity index is 1.45. The van der Waals surface area contributed by atoms with Crippen LogP contribution in [0.15, 0.2) is 60.8 Å². The van der Waals surface area contributed by atoms with Gasteiger partial charge in [-0.05, 0) is 48.0 Å². The summed E-state index contributed by atoms with van der Waals surface area (Å²) < 4.78 is 30.9. The number of aliphatic hydroxyl groups excluding tert-OH is 1. The van der Waals surface area contributed by atoms with Gasteiger partial charge in [0.2, 0.25) is 0 Å². The Morgan fingerprint density at radius 2 is 1.86 bits per heavy atom. The van der Waals surface area contributed by atoms with Crippen LogP contribution in [0, 0.1) is 11.6 Å². The number of carbonyl (C=O) groups excluding carboxylic acids is 1. The number of pyridine rings is 2. The zero-order chi connectivity index (χ0) is 24.4. The van der Waals surface area contributed by atoms with E-state index in [0.29, 0.717) is 17.7 Å². The molecular weight excluding hydrogens is 458 g/mol. The molecule has 0 aliphatic rings. The highest BCUT2D eigenvalue weighted by atomic mass is 19.1. The third-order valence-electron chi connectivity index (χ3n) is 5.28. The van der Waals surface area contributed by atoms with Crippen LogP contribution >= 0.6 is 0 Å². The molecule has 9 nitrogen and oxygen atoms in total. The van der Waals surface area contributed by atoms with Crippen LogP contribution in [0.2, 0.25) is 0 Å². The predicted octanol–water partition coefficient (Wildman–Crippen LogP) is 3.02. The standard InChI is InChI=1S/C24H18F2N6O3/c25-17-11-16(12-18(26)22(17)24(34)30-35-9-8-33)20-5-6-21-23(28-20)32(31-29-21)13-14-3-4-19-15(10-14)2-1-7-27-19/h1-7,10-12,33H,8-9,13H2,(H,30,34). The molecule has 1 amide bonds. The van der Waals surface area contributed by atoms with Crippen molar-refractivity contribution in [3.05, 3.63) is 83.6 Å². The minimum Gasteiger partial charge on any atom is -0.394 e. The maximum Gasteiger partial charge on any atom is 0.280 e. The van der Waals surface area contributed by atoms with Crippen molar-refractivity contribution in [2.45, 2.75) is 6.54 Å². The van der Waals surface area contributed by atoms with Gasteiger partial charge in [0, 0.05) is 17.1 Å². The molecule has 5 rings (SSSR count). The highest BCUT2D eigenvalue weighted by molar-refractivity contribution is 5.94. The maximum atomic E-state index is 14.6. The largest absolute Gasteiger partial charge is 0.394 e. The first-order valence-corrected chi connectivity index (χ1v) is 10.6. The van der Waals surface area contributed by atoms with Crippen molar-refractivity contribution >= 4 is 28.0 Å². The number of halogens is 2. The molecule has 5 aromatic rings. The van der Waals surface area contributed by atoms with Crippen molar-refractivity contribution in [2.24, 2.45) is 0 Å². The molecule has 0 saturated carbocycles. The smallest absolute Gasteiger partial charge is 0.280 e. The first-order valence-electron chi connectivity index (χ1n) is 10.6. The van der Waals surface area contributed by atoms with Gasteiger partial charge >= 0.3 is 0 Å². The average Bonchev–Trinajstić information content (AvgIpc) is 3.25. The Bertz CT molecular complexity index is 1530. The Kier molecular flexibility index (Phi) is 6.08. The number of hydroxylamine groups is 1. The van der Waals surface area contributed by atoms with Crippen LogP contribution in [0.5, 0.6) is 0 Å². The summed E-state index contributed by atoms with van der Waals surface area (Å²) in [4.78, 5) is 25.5. The molecule has 2 N–H and O–H groups in total. The lowest BCUT2D eigenvalue weighted by atomic mass is 10.1. The number of nitrogens with zero attached hydrogens (tertiary/aromatic N) is 5. The van der Waals surface area contributed by atoms with E-state index in [9.17, 15) is 13.6 Å². The van der Waals surface area contributed by atoms with Crippen LogP contribution in [0.25, 0.3) is 33.3 Å². The Labute approximate surface area is 197 Å². The van der Waals surface area contributed by atoms with Gasteiger partial charge in [0.1, 0.15) is 22.7 Å². The number of benzene rings is 2. The summed E-state index contributed by atoms with van der Waals surface area (Å²) in [6.45, 7) is -0.190. The Hall–Kier alpha value is -4.35. The quantitative estimate of drug-likeness (QED) is 0.274. The fourth-order valence-electron chi connectivity index (χ4n) is 3.67. The van der Waals surface area contributed by atoms with Gasteiger partial charge in [0.15, 0.2) is 5.65 Å². The molecule has 0 aliphatic heterocycles. The topological polar surface area (TPSA) is 115 Å². The number of aromatic nitrogens is 5. The minimum atomic E-state index is -1.10. The number of hydrogen-bond donors (Lipinski definition) is 2. The highest BCUT2D eigenvalue weighted by Crippen LogP contribution is 2.25. The number of nitrogens with one attached hydrogen (secondary N) is 1. The summed E-state index contributed by atoms with van der Waals surface area (Å²) in [5.74, 6) is -3.26. The highest BCUT2D eigenvalue weighted by Gasteiger charge is 2.20. The summed E-state index contributed by atoms with van der Waals surface area (Å²) in [5, 5.41) is 18.0. The molecule has 3 aromatic heterocycles. The van der Waals surface area contributed by atoms with Crippen LogP contribution in [-0.4, -0.2) is 49.2 Å². The molecule has 0 unspecified atom stereocenters. The van der Waals surface area contributed by atoms with Crippen molar-refractivity contribution in [2.75, 3.05) is 13.2 Å². The number of aliphatic hydroxyl groups is 1. The second kappa shape index (κ2) is 9.49. The Morgan fingerprint density at radius 3 is 2.66 bits per heavy atom. The van der Waals surface area contributed by atoms with Crippen LogP contribution in [-0.2, 0) is 11.4 Å². The Morgan fingerprint density at radius 1 is 1.06 bits per heavy atom. The molecule has 0 radical (unpaired) electrons. The van der Waals surface area contributed by atoms with Crippen LogP contribution in [0.3, 0.4) is 0 Å². The van der Waals surface area contributed by atoms with Crippen molar-refractivity contribution in [1.82, 2.24) is 30.4 Å². The van der Waals surface area contributed by atoms with E-state index in [-0.39, 0.29) is 24.5 Å². The molecule has 0 atom stereocenters. The fraction of sp³-hybridized carbons (Fsp3) is 0.125. The lowest BCUT2D eigenvalue weighted by molar-refractivity contribution is 0.0162. The molecule has 0 fully saturated rings. The molecule has 3 heterocycles. The zero-order valence-corrected chi connectivity index (χ0v) is 18.2. The van der Waals surface area contributed by atoms with Crippen molar-refractivity contribution in [1.29, 1.82) is 0 Å². The van der Waals surface area contributed by atoms with Crippen molar-refractivity contribution < 1.29 is 23.5 Å². The van der Waals surface area contributed by atoms with E-state index in [1.807, 2.05) is 35.8 Å². The molecule has 0 saturated heterocycles. The summed E-state index contributed by atoms with van der Waals surface area (Å²) in [6, 6.07) is 14.9. The molecule has 176 valence electrons. The summed E-state index contributed by atoms with van der Waals surface area (Å²) >= 11 is 0. The molecule has 0 bridgehead atoms. The SMILES string of the molecule is O=C(NOCCO)c1c(F)cc(-c2ccc3nnn(Cc4ccc5ncccc5c4)c3n2)cc1F. The first-order chi connectivity index (χ1) is 17.0. The van der Waals surface area contributed by atoms with Gasteiger partial charge in [0.25, 0.3) is 5.91 Å².